The minimum atomic E-state index is 0.731. The molecule has 0 spiro atoms. The maximum Gasteiger partial charge on any atom is 0.160 e. The van der Waals surface area contributed by atoms with E-state index in [1.807, 2.05) is 42.5 Å². The van der Waals surface area contributed by atoms with E-state index in [-0.39, 0.29) is 0 Å². The van der Waals surface area contributed by atoms with Gasteiger partial charge in [-0.3, -0.25) is 0 Å². The first-order valence-corrected chi connectivity index (χ1v) is 13.1. The van der Waals surface area contributed by atoms with E-state index in [0.29, 0.717) is 0 Å². The highest BCUT2D eigenvalue weighted by molar-refractivity contribution is 6.18. The Hall–Kier alpha value is -5.28. The summed E-state index contributed by atoms with van der Waals surface area (Å²) in [5, 5.41) is 5.63. The first-order chi connectivity index (χ1) is 19.3. The molecule has 0 unspecified atom stereocenters. The Kier molecular flexibility index (Phi) is 4.82. The van der Waals surface area contributed by atoms with Crippen LogP contribution in [0.4, 0.5) is 0 Å². The van der Waals surface area contributed by atoms with Gasteiger partial charge in [0.05, 0.1) is 11.2 Å². The van der Waals surface area contributed by atoms with E-state index in [1.54, 1.807) is 0 Å². The van der Waals surface area contributed by atoms with Crippen LogP contribution in [0.25, 0.3) is 77.4 Å². The standard InChI is InChI=1S/C36H22N2O/c1-2-9-26(10-3-1)36-37-31-15-6-4-13-30(31)34(38-36)25-19-17-23(18-20-25)27-14-8-11-24-21-22-29-28-12-5-7-16-32(28)39-35(29)33(24)27/h1-22H. The van der Waals surface area contributed by atoms with Crippen molar-refractivity contribution >= 4 is 43.6 Å². The van der Waals surface area contributed by atoms with E-state index in [9.17, 15) is 0 Å². The molecule has 2 aromatic heterocycles. The van der Waals surface area contributed by atoms with E-state index >= 15 is 0 Å². The summed E-state index contributed by atoms with van der Waals surface area (Å²) in [6.07, 6.45) is 0. The average Bonchev–Trinajstić information content (AvgIpc) is 3.40. The van der Waals surface area contributed by atoms with Gasteiger partial charge < -0.3 is 4.42 Å². The van der Waals surface area contributed by atoms with Gasteiger partial charge in [-0.15, -0.1) is 0 Å². The lowest BCUT2D eigenvalue weighted by molar-refractivity contribution is 0.673. The van der Waals surface area contributed by atoms with E-state index in [0.717, 1.165) is 77.4 Å². The number of fused-ring (bicyclic) bond motifs is 6. The Morgan fingerprint density at radius 2 is 1.21 bits per heavy atom. The van der Waals surface area contributed by atoms with Crippen molar-refractivity contribution in [2.24, 2.45) is 0 Å². The topological polar surface area (TPSA) is 38.9 Å². The van der Waals surface area contributed by atoms with Gasteiger partial charge in [-0.1, -0.05) is 115 Å². The van der Waals surface area contributed by atoms with Crippen LogP contribution in [0, 0.1) is 0 Å². The highest BCUT2D eigenvalue weighted by Gasteiger charge is 2.15. The van der Waals surface area contributed by atoms with Gasteiger partial charge in [-0.25, -0.2) is 9.97 Å². The third kappa shape index (κ3) is 3.52. The zero-order valence-corrected chi connectivity index (χ0v) is 21.0. The fraction of sp³-hybridized carbons (Fsp3) is 0. The van der Waals surface area contributed by atoms with Gasteiger partial charge in [0.2, 0.25) is 0 Å². The fourth-order valence-electron chi connectivity index (χ4n) is 5.61. The predicted molar refractivity (Wildman–Crippen MR) is 161 cm³/mol. The van der Waals surface area contributed by atoms with Crippen molar-refractivity contribution in [1.29, 1.82) is 0 Å². The Morgan fingerprint density at radius 3 is 2.08 bits per heavy atom. The molecule has 0 radical (unpaired) electrons. The number of para-hydroxylation sites is 2. The molecule has 3 heteroatoms. The smallest absolute Gasteiger partial charge is 0.160 e. The maximum absolute atomic E-state index is 6.41. The van der Waals surface area contributed by atoms with Crippen molar-refractivity contribution in [3.8, 4) is 33.8 Å². The lowest BCUT2D eigenvalue weighted by Gasteiger charge is -2.11. The van der Waals surface area contributed by atoms with Crippen molar-refractivity contribution in [2.75, 3.05) is 0 Å². The highest BCUT2D eigenvalue weighted by Crippen LogP contribution is 2.39. The molecule has 8 rings (SSSR count). The van der Waals surface area contributed by atoms with Crippen molar-refractivity contribution in [3.63, 3.8) is 0 Å². The van der Waals surface area contributed by atoms with Crippen LogP contribution in [0.5, 0.6) is 0 Å². The molecule has 2 heterocycles. The summed E-state index contributed by atoms with van der Waals surface area (Å²) in [4.78, 5) is 9.89. The molecule has 3 nitrogen and oxygen atoms in total. The first kappa shape index (κ1) is 21.8. The first-order valence-electron chi connectivity index (χ1n) is 13.1. The van der Waals surface area contributed by atoms with Crippen LogP contribution in [-0.4, -0.2) is 9.97 Å². The van der Waals surface area contributed by atoms with E-state index in [4.69, 9.17) is 14.4 Å². The van der Waals surface area contributed by atoms with Crippen LogP contribution < -0.4 is 0 Å². The number of rotatable bonds is 3. The van der Waals surface area contributed by atoms with Gasteiger partial charge in [0.25, 0.3) is 0 Å². The minimum absolute atomic E-state index is 0.731. The van der Waals surface area contributed by atoms with Gasteiger partial charge in [0.15, 0.2) is 5.82 Å². The SMILES string of the molecule is c1ccc(-c2nc(-c3ccc(-c4cccc5ccc6c7ccccc7oc6c45)cc3)c3ccccc3n2)cc1. The summed E-state index contributed by atoms with van der Waals surface area (Å²) in [7, 11) is 0. The lowest BCUT2D eigenvalue weighted by atomic mass is 9.95. The number of benzene rings is 6. The van der Waals surface area contributed by atoms with Crippen molar-refractivity contribution < 1.29 is 4.42 Å². The quantitative estimate of drug-likeness (QED) is 0.243. The Bertz CT molecular complexity index is 2160. The lowest BCUT2D eigenvalue weighted by Crippen LogP contribution is -1.95. The molecule has 0 saturated carbocycles. The van der Waals surface area contributed by atoms with Gasteiger partial charge >= 0.3 is 0 Å². The molecule has 0 atom stereocenters. The zero-order valence-electron chi connectivity index (χ0n) is 21.0. The summed E-state index contributed by atoms with van der Waals surface area (Å²) < 4.78 is 6.41. The Balaban J connectivity index is 1.30. The molecular weight excluding hydrogens is 476 g/mol. The maximum atomic E-state index is 6.41. The fourth-order valence-corrected chi connectivity index (χ4v) is 5.61. The third-order valence-corrected chi connectivity index (χ3v) is 7.49. The number of hydrogen-bond acceptors (Lipinski definition) is 3. The van der Waals surface area contributed by atoms with E-state index in [1.165, 1.54) is 0 Å². The van der Waals surface area contributed by atoms with Crippen molar-refractivity contribution in [1.82, 2.24) is 9.97 Å². The molecular formula is C36H22N2O. The molecule has 39 heavy (non-hydrogen) atoms. The van der Waals surface area contributed by atoms with Gasteiger partial charge in [0.1, 0.15) is 11.2 Å². The molecule has 0 amide bonds. The van der Waals surface area contributed by atoms with E-state index < -0.39 is 0 Å². The summed E-state index contributed by atoms with van der Waals surface area (Å²) in [5.41, 5.74) is 8.07. The van der Waals surface area contributed by atoms with Crippen LogP contribution in [0.1, 0.15) is 0 Å². The summed E-state index contributed by atoms with van der Waals surface area (Å²) in [6.45, 7) is 0. The molecule has 0 N–H and O–H groups in total. The van der Waals surface area contributed by atoms with Gasteiger partial charge in [-0.05, 0) is 34.7 Å². The molecule has 0 fully saturated rings. The Morgan fingerprint density at radius 1 is 0.462 bits per heavy atom. The third-order valence-electron chi connectivity index (χ3n) is 7.49. The molecule has 0 aliphatic carbocycles. The highest BCUT2D eigenvalue weighted by atomic mass is 16.3. The molecule has 0 aliphatic heterocycles. The van der Waals surface area contributed by atoms with Gasteiger partial charge in [0, 0.05) is 32.7 Å². The minimum Gasteiger partial charge on any atom is -0.455 e. The second kappa shape index (κ2) is 8.64. The summed E-state index contributed by atoms with van der Waals surface area (Å²) in [6, 6.07) is 46.1. The normalized spacial score (nSPS) is 11.6. The van der Waals surface area contributed by atoms with Crippen molar-refractivity contribution in [3.05, 3.63) is 133 Å². The zero-order chi connectivity index (χ0) is 25.8. The second-order valence-corrected chi connectivity index (χ2v) is 9.80. The molecule has 182 valence electrons. The van der Waals surface area contributed by atoms with Crippen LogP contribution in [0.3, 0.4) is 0 Å². The van der Waals surface area contributed by atoms with E-state index in [2.05, 4.69) is 91.0 Å². The Labute approximate surface area is 225 Å². The van der Waals surface area contributed by atoms with Crippen LogP contribution in [0.2, 0.25) is 0 Å². The van der Waals surface area contributed by atoms with Crippen LogP contribution in [-0.2, 0) is 0 Å². The summed E-state index contributed by atoms with van der Waals surface area (Å²) in [5.74, 6) is 0.731. The number of furan rings is 1. The number of hydrogen-bond donors (Lipinski definition) is 0. The molecule has 0 bridgehead atoms. The molecule has 8 aromatic rings. The summed E-state index contributed by atoms with van der Waals surface area (Å²) >= 11 is 0. The number of aromatic nitrogens is 2. The second-order valence-electron chi connectivity index (χ2n) is 9.80. The van der Waals surface area contributed by atoms with Crippen molar-refractivity contribution in [2.45, 2.75) is 0 Å². The van der Waals surface area contributed by atoms with Crippen LogP contribution >= 0.6 is 0 Å². The molecule has 0 aliphatic rings. The van der Waals surface area contributed by atoms with Crippen LogP contribution in [0.15, 0.2) is 138 Å². The number of nitrogens with zero attached hydrogens (tertiary/aromatic N) is 2. The van der Waals surface area contributed by atoms with Gasteiger partial charge in [-0.2, -0.15) is 0 Å². The largest absolute Gasteiger partial charge is 0.455 e. The monoisotopic (exact) mass is 498 g/mol. The predicted octanol–water partition coefficient (Wildman–Crippen LogP) is 9.68. The average molecular weight is 499 g/mol. The molecule has 6 aromatic carbocycles. The molecule has 0 saturated heterocycles.